The number of nitrogens with one attached hydrogen (secondary N) is 1. The van der Waals surface area contributed by atoms with Gasteiger partial charge in [-0.15, -0.1) is 0 Å². The van der Waals surface area contributed by atoms with E-state index in [1.807, 2.05) is 50.4 Å². The van der Waals surface area contributed by atoms with Crippen molar-refractivity contribution in [2.45, 2.75) is 13.5 Å². The van der Waals surface area contributed by atoms with Gasteiger partial charge in [-0.2, -0.15) is 0 Å². The zero-order valence-electron chi connectivity index (χ0n) is 10.8. The van der Waals surface area contributed by atoms with Crippen molar-refractivity contribution in [2.75, 3.05) is 7.05 Å². The van der Waals surface area contributed by atoms with Crippen LogP contribution in [0.4, 0.5) is 0 Å². The molecule has 0 aliphatic heterocycles. The Morgan fingerprint density at radius 2 is 1.89 bits per heavy atom. The highest BCUT2D eigenvalue weighted by Gasteiger charge is 2.08. The van der Waals surface area contributed by atoms with Crippen LogP contribution in [0.1, 0.15) is 11.1 Å². The van der Waals surface area contributed by atoms with Gasteiger partial charge >= 0.3 is 0 Å². The van der Waals surface area contributed by atoms with E-state index in [1.54, 1.807) is 0 Å². The molecule has 0 aromatic heterocycles. The van der Waals surface area contributed by atoms with Gasteiger partial charge in [0.2, 0.25) is 0 Å². The lowest BCUT2D eigenvalue weighted by Gasteiger charge is -2.13. The lowest BCUT2D eigenvalue weighted by Crippen LogP contribution is -2.06. The Morgan fingerprint density at radius 1 is 1.16 bits per heavy atom. The van der Waals surface area contributed by atoms with E-state index >= 15 is 0 Å². The van der Waals surface area contributed by atoms with Crippen molar-refractivity contribution >= 4 is 27.5 Å². The number of aryl methyl sites for hydroxylation is 1. The second-order valence-electron chi connectivity index (χ2n) is 4.32. The number of hydrogen-bond acceptors (Lipinski definition) is 2. The van der Waals surface area contributed by atoms with E-state index in [9.17, 15) is 0 Å². The molecule has 0 radical (unpaired) electrons. The monoisotopic (exact) mass is 339 g/mol. The minimum Gasteiger partial charge on any atom is -0.455 e. The molecule has 0 saturated carbocycles. The zero-order chi connectivity index (χ0) is 13.8. The van der Waals surface area contributed by atoms with Crippen LogP contribution >= 0.6 is 27.5 Å². The number of halogens is 2. The lowest BCUT2D eigenvalue weighted by molar-refractivity contribution is 0.474. The summed E-state index contributed by atoms with van der Waals surface area (Å²) in [6.45, 7) is 2.74. The quantitative estimate of drug-likeness (QED) is 0.852. The summed E-state index contributed by atoms with van der Waals surface area (Å²) in [5.41, 5.74) is 2.19. The van der Waals surface area contributed by atoms with E-state index in [2.05, 4.69) is 21.2 Å². The predicted molar refractivity (Wildman–Crippen MR) is 83.2 cm³/mol. The van der Waals surface area contributed by atoms with Crippen molar-refractivity contribution in [3.05, 3.63) is 57.0 Å². The molecule has 0 heterocycles. The first kappa shape index (κ1) is 14.4. The molecule has 2 aromatic rings. The number of benzene rings is 2. The molecule has 0 spiro atoms. The fourth-order valence-electron chi connectivity index (χ4n) is 1.78. The summed E-state index contributed by atoms with van der Waals surface area (Å²) in [5, 5.41) is 3.75. The maximum atomic E-state index is 6.19. The fourth-order valence-corrected chi connectivity index (χ4v) is 2.47. The van der Waals surface area contributed by atoms with Crippen molar-refractivity contribution in [3.63, 3.8) is 0 Å². The highest BCUT2D eigenvalue weighted by atomic mass is 79.9. The minimum absolute atomic E-state index is 0.623. The van der Waals surface area contributed by atoms with Crippen LogP contribution in [0.15, 0.2) is 40.9 Å². The summed E-state index contributed by atoms with van der Waals surface area (Å²) in [6, 6.07) is 11.7. The molecule has 0 unspecified atom stereocenters. The van der Waals surface area contributed by atoms with Gasteiger partial charge in [0, 0.05) is 16.6 Å². The topological polar surface area (TPSA) is 21.3 Å². The van der Waals surface area contributed by atoms with Gasteiger partial charge in [0.05, 0.1) is 5.02 Å². The van der Waals surface area contributed by atoms with Crippen LogP contribution in [0.3, 0.4) is 0 Å². The van der Waals surface area contributed by atoms with Crippen LogP contribution in [0.25, 0.3) is 0 Å². The van der Waals surface area contributed by atoms with Crippen molar-refractivity contribution in [2.24, 2.45) is 0 Å². The molecule has 0 fully saturated rings. The van der Waals surface area contributed by atoms with E-state index in [4.69, 9.17) is 16.3 Å². The summed E-state index contributed by atoms with van der Waals surface area (Å²) in [6.07, 6.45) is 0. The maximum Gasteiger partial charge on any atom is 0.146 e. The first-order valence-electron chi connectivity index (χ1n) is 5.97. The summed E-state index contributed by atoms with van der Waals surface area (Å²) in [4.78, 5) is 0. The van der Waals surface area contributed by atoms with E-state index in [0.29, 0.717) is 10.8 Å². The summed E-state index contributed by atoms with van der Waals surface area (Å²) in [5.74, 6) is 1.48. The molecule has 0 aliphatic carbocycles. The molecule has 100 valence electrons. The third-order valence-corrected chi connectivity index (χ3v) is 3.49. The number of hydrogen-bond donors (Lipinski definition) is 1. The van der Waals surface area contributed by atoms with Crippen LogP contribution in [0, 0.1) is 6.92 Å². The summed E-state index contributed by atoms with van der Waals surface area (Å²) < 4.78 is 6.94. The standard InChI is InChI=1S/C15H15BrClNO/c1-10-3-5-15(13(17)7-10)19-14-6-4-12(16)8-11(14)9-18-2/h3-8,18H,9H2,1-2H3. The molecule has 2 nitrogen and oxygen atoms in total. The second kappa shape index (κ2) is 6.42. The van der Waals surface area contributed by atoms with E-state index < -0.39 is 0 Å². The lowest BCUT2D eigenvalue weighted by atomic mass is 10.2. The molecule has 1 N–H and O–H groups in total. The predicted octanol–water partition coefficient (Wildman–Crippen LogP) is 4.92. The molecule has 2 aromatic carbocycles. The first-order valence-corrected chi connectivity index (χ1v) is 7.14. The highest BCUT2D eigenvalue weighted by molar-refractivity contribution is 9.10. The molecule has 2 rings (SSSR count). The van der Waals surface area contributed by atoms with Gasteiger partial charge in [0.15, 0.2) is 0 Å². The molecule has 19 heavy (non-hydrogen) atoms. The van der Waals surface area contributed by atoms with Crippen molar-refractivity contribution < 1.29 is 4.74 Å². The van der Waals surface area contributed by atoms with Gasteiger partial charge in [0.1, 0.15) is 11.5 Å². The van der Waals surface area contributed by atoms with Gasteiger partial charge < -0.3 is 10.1 Å². The molecule has 0 bridgehead atoms. The van der Waals surface area contributed by atoms with Crippen LogP contribution in [0.2, 0.25) is 5.02 Å². The molecule has 4 heteroatoms. The Hall–Kier alpha value is -1.03. The first-order chi connectivity index (χ1) is 9.10. The normalized spacial score (nSPS) is 10.5. The van der Waals surface area contributed by atoms with Crippen LogP contribution in [-0.2, 0) is 6.54 Å². The Bertz CT molecular complexity index is 586. The summed E-state index contributed by atoms with van der Waals surface area (Å²) in [7, 11) is 1.91. The van der Waals surface area contributed by atoms with Crippen LogP contribution in [-0.4, -0.2) is 7.05 Å². The Kier molecular flexibility index (Phi) is 4.86. The second-order valence-corrected chi connectivity index (χ2v) is 5.64. The Labute approximate surface area is 126 Å². The Balaban J connectivity index is 2.32. The average Bonchev–Trinajstić information content (AvgIpc) is 2.36. The van der Waals surface area contributed by atoms with Gasteiger partial charge in [-0.05, 0) is 49.9 Å². The van der Waals surface area contributed by atoms with Crippen LogP contribution in [0.5, 0.6) is 11.5 Å². The SMILES string of the molecule is CNCc1cc(Br)ccc1Oc1ccc(C)cc1Cl. The van der Waals surface area contributed by atoms with Crippen LogP contribution < -0.4 is 10.1 Å². The van der Waals surface area contributed by atoms with Gasteiger partial charge in [-0.1, -0.05) is 33.6 Å². The molecular formula is C15H15BrClNO. The van der Waals surface area contributed by atoms with Gasteiger partial charge in [-0.3, -0.25) is 0 Å². The molecular weight excluding hydrogens is 326 g/mol. The maximum absolute atomic E-state index is 6.19. The highest BCUT2D eigenvalue weighted by Crippen LogP contribution is 2.33. The fraction of sp³-hybridized carbons (Fsp3) is 0.200. The van der Waals surface area contributed by atoms with E-state index in [1.165, 1.54) is 0 Å². The third kappa shape index (κ3) is 3.72. The van der Waals surface area contributed by atoms with E-state index in [-0.39, 0.29) is 0 Å². The number of ether oxygens (including phenoxy) is 1. The molecule has 0 amide bonds. The van der Waals surface area contributed by atoms with Crippen molar-refractivity contribution in [1.82, 2.24) is 5.32 Å². The van der Waals surface area contributed by atoms with Crippen molar-refractivity contribution in [3.8, 4) is 11.5 Å². The smallest absolute Gasteiger partial charge is 0.146 e. The largest absolute Gasteiger partial charge is 0.455 e. The minimum atomic E-state index is 0.623. The number of rotatable bonds is 4. The molecule has 0 saturated heterocycles. The molecule has 0 atom stereocenters. The van der Waals surface area contributed by atoms with Gasteiger partial charge in [0.25, 0.3) is 0 Å². The third-order valence-electron chi connectivity index (χ3n) is 2.70. The van der Waals surface area contributed by atoms with Gasteiger partial charge in [-0.25, -0.2) is 0 Å². The zero-order valence-corrected chi connectivity index (χ0v) is 13.2. The van der Waals surface area contributed by atoms with E-state index in [0.717, 1.165) is 27.9 Å². The average molecular weight is 341 g/mol. The summed E-state index contributed by atoms with van der Waals surface area (Å²) >= 11 is 9.66. The Morgan fingerprint density at radius 3 is 2.58 bits per heavy atom. The molecule has 0 aliphatic rings. The van der Waals surface area contributed by atoms with Crippen molar-refractivity contribution in [1.29, 1.82) is 0 Å².